The molecule has 25 heavy (non-hydrogen) atoms. The molecule has 0 heterocycles. The molecule has 2 unspecified atom stereocenters. The Labute approximate surface area is 144 Å². The van der Waals surface area contributed by atoms with Crippen molar-refractivity contribution in [2.45, 2.75) is 44.4 Å². The molecular weight excluding hydrogens is 329 g/mol. The first kappa shape index (κ1) is 17.7. The van der Waals surface area contributed by atoms with Crippen molar-refractivity contribution >= 4 is 5.78 Å². The fourth-order valence-corrected chi connectivity index (χ4v) is 3.46. The highest BCUT2D eigenvalue weighted by molar-refractivity contribution is 5.81. The van der Waals surface area contributed by atoms with Crippen LogP contribution < -0.4 is 0 Å². The summed E-state index contributed by atoms with van der Waals surface area (Å²) in [6.07, 6.45) is -3.99. The van der Waals surface area contributed by atoms with Gasteiger partial charge in [-0.15, -0.1) is 0 Å². The van der Waals surface area contributed by atoms with E-state index in [-0.39, 0.29) is 18.1 Å². The SMILES string of the molecule is Cc1cc(-c2cccc(C3CC(=O)CC(O)C3)c2)cc(C(F)(F)F)c1. The van der Waals surface area contributed by atoms with Gasteiger partial charge in [0.2, 0.25) is 0 Å². The topological polar surface area (TPSA) is 37.3 Å². The van der Waals surface area contributed by atoms with Crippen LogP contribution in [0.25, 0.3) is 11.1 Å². The second-order valence-corrected chi connectivity index (χ2v) is 6.74. The van der Waals surface area contributed by atoms with Crippen molar-refractivity contribution in [1.29, 1.82) is 0 Å². The van der Waals surface area contributed by atoms with Crippen LogP contribution in [0, 0.1) is 6.92 Å². The maximum atomic E-state index is 13.1. The summed E-state index contributed by atoms with van der Waals surface area (Å²) >= 11 is 0. The smallest absolute Gasteiger partial charge is 0.393 e. The Hall–Kier alpha value is -2.14. The maximum Gasteiger partial charge on any atom is 0.416 e. The van der Waals surface area contributed by atoms with Crippen molar-refractivity contribution in [1.82, 2.24) is 0 Å². The molecule has 2 aromatic carbocycles. The van der Waals surface area contributed by atoms with Crippen LogP contribution in [-0.2, 0) is 11.0 Å². The monoisotopic (exact) mass is 348 g/mol. The first-order valence-corrected chi connectivity index (χ1v) is 8.21. The number of carbonyl (C=O) groups excluding carboxylic acids is 1. The van der Waals surface area contributed by atoms with Crippen molar-refractivity contribution in [3.8, 4) is 11.1 Å². The number of hydrogen-bond acceptors (Lipinski definition) is 2. The van der Waals surface area contributed by atoms with Gasteiger partial charge in [-0.25, -0.2) is 0 Å². The number of benzene rings is 2. The number of Topliss-reactive ketones (excluding diaryl/α,β-unsaturated/α-hetero) is 1. The minimum absolute atomic E-state index is 0.0177. The number of aryl methyl sites for hydroxylation is 1. The third kappa shape index (κ3) is 4.10. The Bertz CT molecular complexity index is 796. The summed E-state index contributed by atoms with van der Waals surface area (Å²) in [5, 5.41) is 9.81. The zero-order valence-electron chi connectivity index (χ0n) is 13.8. The highest BCUT2D eigenvalue weighted by Crippen LogP contribution is 2.36. The zero-order chi connectivity index (χ0) is 18.2. The van der Waals surface area contributed by atoms with E-state index in [0.717, 1.165) is 17.7 Å². The molecule has 1 aliphatic carbocycles. The third-order valence-electron chi connectivity index (χ3n) is 4.59. The van der Waals surface area contributed by atoms with E-state index in [1.54, 1.807) is 25.1 Å². The van der Waals surface area contributed by atoms with E-state index in [4.69, 9.17) is 0 Å². The molecule has 5 heteroatoms. The lowest BCUT2D eigenvalue weighted by Gasteiger charge is -2.25. The summed E-state index contributed by atoms with van der Waals surface area (Å²) in [7, 11) is 0. The summed E-state index contributed by atoms with van der Waals surface area (Å²) in [4.78, 5) is 11.7. The molecule has 2 nitrogen and oxygen atoms in total. The lowest BCUT2D eigenvalue weighted by molar-refractivity contribution is -0.137. The van der Waals surface area contributed by atoms with Crippen LogP contribution in [0.4, 0.5) is 13.2 Å². The van der Waals surface area contributed by atoms with Gasteiger partial charge in [-0.3, -0.25) is 4.79 Å². The van der Waals surface area contributed by atoms with Crippen molar-refractivity contribution in [2.24, 2.45) is 0 Å². The molecule has 0 aliphatic heterocycles. The maximum absolute atomic E-state index is 13.1. The number of halogens is 3. The molecule has 2 aromatic rings. The summed E-state index contributed by atoms with van der Waals surface area (Å²) < 4.78 is 39.2. The third-order valence-corrected chi connectivity index (χ3v) is 4.59. The standard InChI is InChI=1S/C20H19F3O2/c1-12-5-15(8-17(6-12)20(21,22)23)13-3-2-4-14(7-13)16-9-18(24)11-19(25)10-16/h2-8,16,18,24H,9-11H2,1H3. The van der Waals surface area contributed by atoms with Crippen molar-refractivity contribution < 1.29 is 23.1 Å². The van der Waals surface area contributed by atoms with Crippen molar-refractivity contribution in [3.05, 3.63) is 59.2 Å². The van der Waals surface area contributed by atoms with Gasteiger partial charge in [-0.2, -0.15) is 13.2 Å². The molecule has 0 amide bonds. The van der Waals surface area contributed by atoms with Crippen molar-refractivity contribution in [2.75, 3.05) is 0 Å². The molecule has 0 radical (unpaired) electrons. The van der Waals surface area contributed by atoms with E-state index < -0.39 is 17.8 Å². The van der Waals surface area contributed by atoms with Crippen LogP contribution in [0.2, 0.25) is 0 Å². The second-order valence-electron chi connectivity index (χ2n) is 6.74. The van der Waals surface area contributed by atoms with E-state index >= 15 is 0 Å². The van der Waals surface area contributed by atoms with E-state index in [2.05, 4.69) is 0 Å². The number of rotatable bonds is 2. The molecular formula is C20H19F3O2. The molecule has 0 spiro atoms. The lowest BCUT2D eigenvalue weighted by atomic mass is 9.81. The minimum atomic E-state index is -4.39. The Kier molecular flexibility index (Phi) is 4.69. The predicted molar refractivity (Wildman–Crippen MR) is 89.2 cm³/mol. The molecule has 1 fully saturated rings. The minimum Gasteiger partial charge on any atom is -0.393 e. The van der Waals surface area contributed by atoms with Gasteiger partial charge in [0, 0.05) is 12.8 Å². The van der Waals surface area contributed by atoms with Gasteiger partial charge >= 0.3 is 6.18 Å². The highest BCUT2D eigenvalue weighted by Gasteiger charge is 2.31. The Balaban J connectivity index is 1.97. The highest BCUT2D eigenvalue weighted by atomic mass is 19.4. The summed E-state index contributed by atoms with van der Waals surface area (Å²) in [6, 6.07) is 11.2. The first-order chi connectivity index (χ1) is 11.7. The Morgan fingerprint density at radius 2 is 1.80 bits per heavy atom. The molecule has 0 saturated heterocycles. The van der Waals surface area contributed by atoms with E-state index in [1.165, 1.54) is 0 Å². The van der Waals surface area contributed by atoms with Gasteiger partial charge in [0.15, 0.2) is 0 Å². The van der Waals surface area contributed by atoms with Gasteiger partial charge in [0.05, 0.1) is 11.7 Å². The fourth-order valence-electron chi connectivity index (χ4n) is 3.46. The van der Waals surface area contributed by atoms with Gasteiger partial charge in [0.25, 0.3) is 0 Å². The Morgan fingerprint density at radius 3 is 2.48 bits per heavy atom. The van der Waals surface area contributed by atoms with Crippen LogP contribution in [-0.4, -0.2) is 17.0 Å². The average molecular weight is 348 g/mol. The van der Waals surface area contributed by atoms with Crippen molar-refractivity contribution in [3.63, 3.8) is 0 Å². The number of aliphatic hydroxyl groups excluding tert-OH is 1. The predicted octanol–water partition coefficient (Wildman–Crippen LogP) is 4.88. The summed E-state index contributed by atoms with van der Waals surface area (Å²) in [5.41, 5.74) is 1.92. The summed E-state index contributed by atoms with van der Waals surface area (Å²) in [6.45, 7) is 1.64. The largest absolute Gasteiger partial charge is 0.416 e. The number of ketones is 1. The Morgan fingerprint density at radius 1 is 1.04 bits per heavy atom. The molecule has 1 aliphatic rings. The van der Waals surface area contributed by atoms with Crippen LogP contribution in [0.15, 0.2) is 42.5 Å². The van der Waals surface area contributed by atoms with Crippen LogP contribution in [0.5, 0.6) is 0 Å². The van der Waals surface area contributed by atoms with Crippen LogP contribution >= 0.6 is 0 Å². The molecule has 0 bridgehead atoms. The van der Waals surface area contributed by atoms with Gasteiger partial charge < -0.3 is 5.11 Å². The number of aliphatic hydroxyl groups is 1. The summed E-state index contributed by atoms with van der Waals surface area (Å²) in [5.74, 6) is -0.0767. The zero-order valence-corrected chi connectivity index (χ0v) is 13.8. The van der Waals surface area contributed by atoms with E-state index in [0.29, 0.717) is 29.5 Å². The molecule has 1 saturated carbocycles. The normalized spacial score (nSPS) is 21.4. The van der Waals surface area contributed by atoms with Gasteiger partial charge in [-0.05, 0) is 53.6 Å². The number of hydrogen-bond donors (Lipinski definition) is 1. The molecule has 132 valence electrons. The van der Waals surface area contributed by atoms with E-state index in [1.807, 2.05) is 12.1 Å². The molecule has 1 N–H and O–H groups in total. The quantitative estimate of drug-likeness (QED) is 0.840. The van der Waals surface area contributed by atoms with Crippen LogP contribution in [0.1, 0.15) is 41.9 Å². The first-order valence-electron chi connectivity index (χ1n) is 8.21. The lowest BCUT2D eigenvalue weighted by Crippen LogP contribution is -2.25. The molecule has 3 rings (SSSR count). The molecule has 0 aromatic heterocycles. The van der Waals surface area contributed by atoms with Gasteiger partial charge in [0.1, 0.15) is 5.78 Å². The average Bonchev–Trinajstić information content (AvgIpc) is 2.53. The fraction of sp³-hybridized carbons (Fsp3) is 0.350. The molecule has 2 atom stereocenters. The second kappa shape index (κ2) is 6.64. The van der Waals surface area contributed by atoms with Crippen LogP contribution in [0.3, 0.4) is 0 Å². The van der Waals surface area contributed by atoms with Gasteiger partial charge in [-0.1, -0.05) is 30.3 Å². The number of alkyl halides is 3. The van der Waals surface area contributed by atoms with E-state index in [9.17, 15) is 23.1 Å². The number of carbonyl (C=O) groups is 1.